The Morgan fingerprint density at radius 1 is 1.20 bits per heavy atom. The van der Waals surface area contributed by atoms with Gasteiger partial charge in [-0.05, 0) is 61.6 Å². The average molecular weight is 423 g/mol. The van der Waals surface area contributed by atoms with Crippen molar-refractivity contribution in [3.8, 4) is 5.69 Å². The number of carbonyl (C=O) groups is 1. The molecule has 0 saturated carbocycles. The second-order valence-corrected chi connectivity index (χ2v) is 7.28. The molecule has 0 radical (unpaired) electrons. The first-order valence-electron chi connectivity index (χ1n) is 9.23. The highest BCUT2D eigenvalue weighted by Crippen LogP contribution is 2.22. The maximum Gasteiger partial charge on any atom is 0.266 e. The van der Waals surface area contributed by atoms with Crippen molar-refractivity contribution in [2.75, 3.05) is 7.05 Å². The SMILES string of the molecule is CC(c1ccco1)N(C)C(=O)c1ccc2c(=O)n(-c3ccccc3F)c(=S)[nH]c2c1. The number of nitrogens with one attached hydrogen (secondary N) is 1. The lowest BCUT2D eigenvalue weighted by molar-refractivity contribution is 0.0726. The molecule has 1 N–H and O–H groups in total. The number of amides is 1. The standard InChI is InChI=1S/C22H18FN3O3S/c1-13(19-8-5-11-29-19)25(2)20(27)14-9-10-15-17(12-14)24-22(30)26(21(15)28)18-7-4-3-6-16(18)23/h3-13H,1-2H3,(H,24,30). The van der Waals surface area contributed by atoms with Crippen molar-refractivity contribution < 1.29 is 13.6 Å². The van der Waals surface area contributed by atoms with E-state index in [1.807, 2.05) is 6.92 Å². The zero-order chi connectivity index (χ0) is 21.4. The van der Waals surface area contributed by atoms with Crippen LogP contribution >= 0.6 is 12.2 Å². The topological polar surface area (TPSA) is 71.2 Å². The van der Waals surface area contributed by atoms with Crippen LogP contribution in [0.2, 0.25) is 0 Å². The maximum atomic E-state index is 14.2. The van der Waals surface area contributed by atoms with Gasteiger partial charge in [0.1, 0.15) is 11.6 Å². The van der Waals surface area contributed by atoms with Crippen molar-refractivity contribution in [3.63, 3.8) is 0 Å². The molecule has 1 atom stereocenters. The van der Waals surface area contributed by atoms with Crippen LogP contribution in [0, 0.1) is 10.6 Å². The number of carbonyl (C=O) groups excluding carboxylic acids is 1. The number of hydrogen-bond donors (Lipinski definition) is 1. The van der Waals surface area contributed by atoms with E-state index in [1.54, 1.807) is 54.6 Å². The van der Waals surface area contributed by atoms with Gasteiger partial charge in [-0.25, -0.2) is 8.96 Å². The molecule has 152 valence electrons. The summed E-state index contributed by atoms with van der Waals surface area (Å²) in [5.74, 6) is -0.129. The Balaban J connectivity index is 1.76. The van der Waals surface area contributed by atoms with Crippen LogP contribution in [0.3, 0.4) is 0 Å². The van der Waals surface area contributed by atoms with Crippen molar-refractivity contribution in [3.05, 3.63) is 93.1 Å². The van der Waals surface area contributed by atoms with Gasteiger partial charge in [0.05, 0.1) is 28.9 Å². The minimum absolute atomic E-state index is 0.0412. The molecule has 4 aromatic rings. The summed E-state index contributed by atoms with van der Waals surface area (Å²) in [6.07, 6.45) is 1.56. The quantitative estimate of drug-likeness (QED) is 0.487. The lowest BCUT2D eigenvalue weighted by atomic mass is 10.1. The second kappa shape index (κ2) is 7.72. The van der Waals surface area contributed by atoms with Crippen LogP contribution in [0.25, 0.3) is 16.6 Å². The number of H-pyrrole nitrogens is 1. The van der Waals surface area contributed by atoms with Gasteiger partial charge in [-0.2, -0.15) is 0 Å². The molecule has 4 rings (SSSR count). The van der Waals surface area contributed by atoms with Crippen molar-refractivity contribution in [2.24, 2.45) is 0 Å². The number of hydrogen-bond acceptors (Lipinski definition) is 4. The van der Waals surface area contributed by atoms with E-state index in [-0.39, 0.29) is 22.4 Å². The van der Waals surface area contributed by atoms with Gasteiger partial charge in [-0.3, -0.25) is 9.59 Å². The number of fused-ring (bicyclic) bond motifs is 1. The Morgan fingerprint density at radius 3 is 2.67 bits per heavy atom. The van der Waals surface area contributed by atoms with Gasteiger partial charge in [0.2, 0.25) is 0 Å². The minimum Gasteiger partial charge on any atom is -0.467 e. The van der Waals surface area contributed by atoms with E-state index in [1.165, 1.54) is 18.2 Å². The maximum absolute atomic E-state index is 14.2. The van der Waals surface area contributed by atoms with Crippen LogP contribution in [-0.4, -0.2) is 27.4 Å². The van der Waals surface area contributed by atoms with Crippen molar-refractivity contribution in [1.82, 2.24) is 14.5 Å². The van der Waals surface area contributed by atoms with Crippen LogP contribution in [0.5, 0.6) is 0 Å². The summed E-state index contributed by atoms with van der Waals surface area (Å²) >= 11 is 5.30. The number of aromatic nitrogens is 2. The summed E-state index contributed by atoms with van der Waals surface area (Å²) in [5, 5.41) is 0.296. The first-order valence-corrected chi connectivity index (χ1v) is 9.64. The molecule has 2 aromatic heterocycles. The summed E-state index contributed by atoms with van der Waals surface area (Å²) < 4.78 is 20.7. The number of benzene rings is 2. The van der Waals surface area contributed by atoms with Crippen molar-refractivity contribution in [2.45, 2.75) is 13.0 Å². The summed E-state index contributed by atoms with van der Waals surface area (Å²) in [7, 11) is 1.68. The van der Waals surface area contributed by atoms with Gasteiger partial charge in [0.25, 0.3) is 11.5 Å². The third-order valence-electron chi connectivity index (χ3n) is 5.09. The van der Waals surface area contributed by atoms with E-state index in [4.69, 9.17) is 16.6 Å². The van der Waals surface area contributed by atoms with Crippen molar-refractivity contribution >= 4 is 29.0 Å². The highest BCUT2D eigenvalue weighted by molar-refractivity contribution is 7.71. The van der Waals surface area contributed by atoms with Crippen LogP contribution in [0.15, 0.2) is 70.1 Å². The smallest absolute Gasteiger partial charge is 0.266 e. The number of furan rings is 1. The highest BCUT2D eigenvalue weighted by atomic mass is 32.1. The summed E-state index contributed by atoms with van der Waals surface area (Å²) in [6.45, 7) is 1.86. The molecule has 1 unspecified atom stereocenters. The third kappa shape index (κ3) is 3.35. The first-order chi connectivity index (χ1) is 14.4. The number of halogens is 1. The fraction of sp³-hybridized carbons (Fsp3) is 0.136. The molecule has 0 aliphatic carbocycles. The summed E-state index contributed by atoms with van der Waals surface area (Å²) in [5.41, 5.74) is 0.396. The Bertz CT molecular complexity index is 1360. The third-order valence-corrected chi connectivity index (χ3v) is 5.38. The monoisotopic (exact) mass is 423 g/mol. The fourth-order valence-electron chi connectivity index (χ4n) is 3.30. The number of para-hydroxylation sites is 1. The van der Waals surface area contributed by atoms with Crippen LogP contribution in [0.1, 0.15) is 29.1 Å². The number of nitrogens with zero attached hydrogens (tertiary/aromatic N) is 2. The molecule has 0 aliphatic rings. The van der Waals surface area contributed by atoms with Crippen LogP contribution < -0.4 is 5.56 Å². The van der Waals surface area contributed by atoms with Gasteiger partial charge in [0, 0.05) is 12.6 Å². The molecule has 0 bridgehead atoms. The molecular weight excluding hydrogens is 405 g/mol. The zero-order valence-electron chi connectivity index (χ0n) is 16.3. The molecule has 1 amide bonds. The average Bonchev–Trinajstić information content (AvgIpc) is 3.28. The second-order valence-electron chi connectivity index (χ2n) is 6.89. The molecule has 8 heteroatoms. The molecular formula is C22H18FN3O3S. The molecule has 0 saturated heterocycles. The summed E-state index contributed by atoms with van der Waals surface area (Å²) in [6, 6.07) is 13.9. The van der Waals surface area contributed by atoms with Crippen molar-refractivity contribution in [1.29, 1.82) is 0 Å². The van der Waals surface area contributed by atoms with E-state index in [9.17, 15) is 14.0 Å². The minimum atomic E-state index is -0.557. The van der Waals surface area contributed by atoms with E-state index in [2.05, 4.69) is 4.98 Å². The molecule has 30 heavy (non-hydrogen) atoms. The predicted octanol–water partition coefficient (Wildman–Crippen LogP) is 4.61. The molecule has 6 nitrogen and oxygen atoms in total. The van der Waals surface area contributed by atoms with E-state index in [0.29, 0.717) is 22.2 Å². The molecule has 2 aromatic carbocycles. The van der Waals surface area contributed by atoms with Gasteiger partial charge < -0.3 is 14.3 Å². The van der Waals surface area contributed by atoms with E-state index >= 15 is 0 Å². The van der Waals surface area contributed by atoms with Crippen LogP contribution in [0.4, 0.5) is 4.39 Å². The molecule has 2 heterocycles. The predicted molar refractivity (Wildman–Crippen MR) is 114 cm³/mol. The van der Waals surface area contributed by atoms with Gasteiger partial charge in [-0.1, -0.05) is 12.1 Å². The lowest BCUT2D eigenvalue weighted by Gasteiger charge is -2.23. The zero-order valence-corrected chi connectivity index (χ0v) is 17.1. The highest BCUT2D eigenvalue weighted by Gasteiger charge is 2.21. The van der Waals surface area contributed by atoms with E-state index < -0.39 is 11.4 Å². The molecule has 0 fully saturated rings. The van der Waals surface area contributed by atoms with Crippen LogP contribution in [-0.2, 0) is 0 Å². The Labute approximate surface area is 176 Å². The van der Waals surface area contributed by atoms with Gasteiger partial charge in [0.15, 0.2) is 4.77 Å². The normalized spacial score (nSPS) is 12.1. The first kappa shape index (κ1) is 19.8. The lowest BCUT2D eigenvalue weighted by Crippen LogP contribution is -2.29. The van der Waals surface area contributed by atoms with E-state index in [0.717, 1.165) is 4.57 Å². The molecule has 0 spiro atoms. The van der Waals surface area contributed by atoms with Gasteiger partial charge >= 0.3 is 0 Å². The van der Waals surface area contributed by atoms with Gasteiger partial charge in [-0.15, -0.1) is 0 Å². The Hall–Kier alpha value is -3.52. The Kier molecular flexibility index (Phi) is 5.09. The Morgan fingerprint density at radius 2 is 1.97 bits per heavy atom. The number of rotatable bonds is 4. The number of aromatic amines is 1. The molecule has 0 aliphatic heterocycles. The fourth-order valence-corrected chi connectivity index (χ4v) is 3.59. The largest absolute Gasteiger partial charge is 0.467 e. The summed E-state index contributed by atoms with van der Waals surface area (Å²) in [4.78, 5) is 30.4.